The molecule has 1 aliphatic rings. The van der Waals surface area contributed by atoms with Crippen LogP contribution in [-0.2, 0) is 10.0 Å². The molecule has 0 spiro atoms. The van der Waals surface area contributed by atoms with Gasteiger partial charge in [0.25, 0.3) is 0 Å². The molecule has 0 amide bonds. The first-order valence-electron chi connectivity index (χ1n) is 7.88. The number of hydrogen-bond acceptors (Lipinski definition) is 5. The van der Waals surface area contributed by atoms with Crippen LogP contribution in [0, 0.1) is 5.82 Å². The summed E-state index contributed by atoms with van der Waals surface area (Å²) in [5, 5.41) is 4.32. The van der Waals surface area contributed by atoms with Gasteiger partial charge in [0, 0.05) is 18.1 Å². The lowest BCUT2D eigenvalue weighted by Crippen LogP contribution is -2.25. The number of rotatable bonds is 5. The highest BCUT2D eigenvalue weighted by atomic mass is 32.2. The molecule has 0 aliphatic carbocycles. The maximum atomic E-state index is 13.2. The Morgan fingerprint density at radius 2 is 1.81 bits per heavy atom. The van der Waals surface area contributed by atoms with E-state index in [1.54, 1.807) is 37.4 Å². The quantitative estimate of drug-likeness (QED) is 0.802. The van der Waals surface area contributed by atoms with Gasteiger partial charge < -0.3 is 9.47 Å². The first-order valence-corrected chi connectivity index (χ1v) is 9.73. The zero-order valence-electron chi connectivity index (χ0n) is 14.6. The Hall–Kier alpha value is -2.61. The molecule has 138 valence electrons. The molecule has 0 radical (unpaired) electrons. The Kier molecular flexibility index (Phi) is 4.86. The zero-order valence-corrected chi connectivity index (χ0v) is 15.5. The van der Waals surface area contributed by atoms with Crippen LogP contribution in [0.2, 0.25) is 0 Å². The topological polar surface area (TPSA) is 68.2 Å². The van der Waals surface area contributed by atoms with Crippen molar-refractivity contribution in [1.29, 1.82) is 0 Å². The first-order chi connectivity index (χ1) is 12.3. The van der Waals surface area contributed by atoms with Crippen LogP contribution in [0.5, 0.6) is 11.5 Å². The van der Waals surface area contributed by atoms with Gasteiger partial charge in [-0.15, -0.1) is 0 Å². The molecule has 0 saturated carbocycles. The third kappa shape index (κ3) is 3.50. The van der Waals surface area contributed by atoms with Gasteiger partial charge in [0.05, 0.1) is 32.2 Å². The molecule has 2 aromatic carbocycles. The predicted molar refractivity (Wildman–Crippen MR) is 96.5 cm³/mol. The second-order valence-electron chi connectivity index (χ2n) is 5.92. The van der Waals surface area contributed by atoms with Gasteiger partial charge in [-0.3, -0.25) is 0 Å². The van der Waals surface area contributed by atoms with Gasteiger partial charge in [-0.1, -0.05) is 12.1 Å². The lowest BCUT2D eigenvalue weighted by Gasteiger charge is -2.21. The van der Waals surface area contributed by atoms with Crippen molar-refractivity contribution in [3.8, 4) is 11.5 Å². The molecule has 2 aromatic rings. The van der Waals surface area contributed by atoms with Gasteiger partial charge >= 0.3 is 0 Å². The van der Waals surface area contributed by atoms with Gasteiger partial charge in [0.2, 0.25) is 10.0 Å². The predicted octanol–water partition coefficient (Wildman–Crippen LogP) is 2.95. The number of hydrogen-bond donors (Lipinski definition) is 0. The van der Waals surface area contributed by atoms with Gasteiger partial charge in [-0.2, -0.15) is 9.52 Å². The Labute approximate surface area is 151 Å². The van der Waals surface area contributed by atoms with Gasteiger partial charge in [0.1, 0.15) is 17.3 Å². The van der Waals surface area contributed by atoms with Crippen LogP contribution in [0.1, 0.15) is 23.6 Å². The number of ether oxygens (including phenoxy) is 2. The summed E-state index contributed by atoms with van der Waals surface area (Å²) < 4.78 is 49.3. The zero-order chi connectivity index (χ0) is 18.9. The molecule has 26 heavy (non-hydrogen) atoms. The highest BCUT2D eigenvalue weighted by Gasteiger charge is 2.35. The van der Waals surface area contributed by atoms with E-state index in [-0.39, 0.29) is 5.82 Å². The molecule has 0 aromatic heterocycles. The Bertz CT molecular complexity index is 942. The molecule has 0 N–H and O–H groups in total. The van der Waals surface area contributed by atoms with Crippen molar-refractivity contribution < 1.29 is 22.3 Å². The summed E-state index contributed by atoms with van der Waals surface area (Å²) in [6.45, 7) is 0. The van der Waals surface area contributed by atoms with E-state index < -0.39 is 16.1 Å². The molecule has 0 fully saturated rings. The second kappa shape index (κ2) is 6.95. The minimum absolute atomic E-state index is 0.349. The highest BCUT2D eigenvalue weighted by Crippen LogP contribution is 2.37. The molecule has 1 heterocycles. The van der Waals surface area contributed by atoms with E-state index in [1.807, 2.05) is 0 Å². The van der Waals surface area contributed by atoms with Gasteiger partial charge in [0.15, 0.2) is 0 Å². The number of halogens is 1. The van der Waals surface area contributed by atoms with Crippen LogP contribution in [0.3, 0.4) is 0 Å². The number of benzene rings is 2. The monoisotopic (exact) mass is 378 g/mol. The average Bonchev–Trinajstić information content (AvgIpc) is 3.07. The van der Waals surface area contributed by atoms with Crippen molar-refractivity contribution in [3.05, 3.63) is 59.4 Å². The molecule has 6 nitrogen and oxygen atoms in total. The molecule has 0 bridgehead atoms. The van der Waals surface area contributed by atoms with E-state index in [1.165, 1.54) is 19.2 Å². The summed E-state index contributed by atoms with van der Waals surface area (Å²) in [7, 11) is -0.516. The number of hydrazone groups is 1. The van der Waals surface area contributed by atoms with E-state index in [9.17, 15) is 12.8 Å². The molecule has 0 saturated heterocycles. The summed E-state index contributed by atoms with van der Waals surface area (Å²) in [4.78, 5) is 0. The molecule has 1 atom stereocenters. The summed E-state index contributed by atoms with van der Waals surface area (Å²) in [5.41, 5.74) is 1.93. The molecule has 8 heteroatoms. The standard InChI is InChI=1S/C18H19FN2O4S/c1-24-14-8-9-15(18(10-14)25-2)16-11-17(21(20-16)26(3,22)23)12-4-6-13(19)7-5-12/h4-10,17H,11H2,1-3H3. The van der Waals surface area contributed by atoms with E-state index in [4.69, 9.17) is 9.47 Å². The summed E-state index contributed by atoms with van der Waals surface area (Å²) >= 11 is 0. The Balaban J connectivity index is 2.03. The summed E-state index contributed by atoms with van der Waals surface area (Å²) in [6.07, 6.45) is 1.45. The van der Waals surface area contributed by atoms with Crippen molar-refractivity contribution in [1.82, 2.24) is 4.41 Å². The maximum absolute atomic E-state index is 13.2. The first kappa shape index (κ1) is 18.2. The molecular formula is C18H19FN2O4S. The van der Waals surface area contributed by atoms with Crippen LogP contribution in [0.15, 0.2) is 47.6 Å². The third-order valence-corrected chi connectivity index (χ3v) is 5.20. The van der Waals surface area contributed by atoms with Crippen molar-refractivity contribution in [2.24, 2.45) is 5.10 Å². The van der Waals surface area contributed by atoms with Crippen LogP contribution in [-0.4, -0.2) is 39.0 Å². The van der Waals surface area contributed by atoms with Crippen molar-refractivity contribution in [2.45, 2.75) is 12.5 Å². The lowest BCUT2D eigenvalue weighted by atomic mass is 9.98. The number of methoxy groups -OCH3 is 2. The van der Waals surface area contributed by atoms with E-state index in [0.717, 1.165) is 10.7 Å². The SMILES string of the molecule is COc1ccc(C2=NN(S(C)(=O)=O)C(c3ccc(F)cc3)C2)c(OC)c1. The van der Waals surface area contributed by atoms with Crippen molar-refractivity contribution >= 4 is 15.7 Å². The van der Waals surface area contributed by atoms with Gasteiger partial charge in [-0.05, 0) is 29.8 Å². The van der Waals surface area contributed by atoms with Crippen LogP contribution < -0.4 is 9.47 Å². The van der Waals surface area contributed by atoms with E-state index in [2.05, 4.69) is 5.10 Å². The Morgan fingerprint density at radius 1 is 1.12 bits per heavy atom. The molecular weight excluding hydrogens is 359 g/mol. The third-order valence-electron chi connectivity index (χ3n) is 4.19. The highest BCUT2D eigenvalue weighted by molar-refractivity contribution is 7.88. The smallest absolute Gasteiger partial charge is 0.247 e. The van der Waals surface area contributed by atoms with Crippen LogP contribution in [0.4, 0.5) is 4.39 Å². The van der Waals surface area contributed by atoms with E-state index >= 15 is 0 Å². The largest absolute Gasteiger partial charge is 0.497 e. The number of nitrogens with zero attached hydrogens (tertiary/aromatic N) is 2. The van der Waals surface area contributed by atoms with Crippen LogP contribution in [0.25, 0.3) is 0 Å². The second-order valence-corrected chi connectivity index (χ2v) is 7.76. The van der Waals surface area contributed by atoms with Gasteiger partial charge in [-0.25, -0.2) is 12.8 Å². The Morgan fingerprint density at radius 3 is 2.38 bits per heavy atom. The molecule has 1 unspecified atom stereocenters. The lowest BCUT2D eigenvalue weighted by molar-refractivity contribution is 0.374. The minimum atomic E-state index is -3.60. The fourth-order valence-corrected chi connectivity index (χ4v) is 3.83. The molecule has 3 rings (SSSR count). The number of sulfonamides is 1. The summed E-state index contributed by atoms with van der Waals surface area (Å²) in [6, 6.07) is 10.5. The van der Waals surface area contributed by atoms with Crippen LogP contribution >= 0.6 is 0 Å². The normalized spacial score (nSPS) is 17.2. The minimum Gasteiger partial charge on any atom is -0.497 e. The van der Waals surface area contributed by atoms with Crippen molar-refractivity contribution in [2.75, 3.05) is 20.5 Å². The summed E-state index contributed by atoms with van der Waals surface area (Å²) in [5.74, 6) is 0.783. The fourth-order valence-electron chi connectivity index (χ4n) is 2.93. The van der Waals surface area contributed by atoms with Crippen molar-refractivity contribution in [3.63, 3.8) is 0 Å². The average molecular weight is 378 g/mol. The fraction of sp³-hybridized carbons (Fsp3) is 0.278. The molecule has 1 aliphatic heterocycles. The van der Waals surface area contributed by atoms with E-state index in [0.29, 0.717) is 34.8 Å². The maximum Gasteiger partial charge on any atom is 0.247 e.